The summed E-state index contributed by atoms with van der Waals surface area (Å²) in [6.07, 6.45) is 0. The van der Waals surface area contributed by atoms with E-state index in [4.69, 9.17) is 16.2 Å². The van der Waals surface area contributed by atoms with Gasteiger partial charge in [-0.1, -0.05) is 11.6 Å². The summed E-state index contributed by atoms with van der Waals surface area (Å²) in [5, 5.41) is 0.686. The van der Waals surface area contributed by atoms with Crippen LogP contribution in [-0.4, -0.2) is 4.55 Å². The van der Waals surface area contributed by atoms with Gasteiger partial charge in [-0.3, -0.25) is 0 Å². The minimum absolute atomic E-state index is 0.686. The van der Waals surface area contributed by atoms with Gasteiger partial charge in [-0.2, -0.15) is 4.36 Å². The Morgan fingerprint density at radius 1 is 1.55 bits per heavy atom. The van der Waals surface area contributed by atoms with Crippen LogP contribution in [0.2, 0.25) is 5.02 Å². The third-order valence-corrected chi connectivity index (χ3v) is 3.72. The molecule has 1 aromatic rings. The van der Waals surface area contributed by atoms with Crippen molar-refractivity contribution >= 4 is 38.1 Å². The predicted molar refractivity (Wildman–Crippen MR) is 49.4 cm³/mol. The summed E-state index contributed by atoms with van der Waals surface area (Å²) >= 11 is 5.74. The summed E-state index contributed by atoms with van der Waals surface area (Å²) in [5.74, 6) is 0. The van der Waals surface area contributed by atoms with Crippen LogP contribution in [0.15, 0.2) is 27.5 Å². The zero-order valence-electron chi connectivity index (χ0n) is 5.32. The van der Waals surface area contributed by atoms with Gasteiger partial charge in [0.25, 0.3) is 0 Å². The van der Waals surface area contributed by atoms with Gasteiger partial charge >= 0.3 is 0 Å². The molecule has 0 radical (unpaired) electrons. The van der Waals surface area contributed by atoms with E-state index in [-0.39, 0.29) is 0 Å². The van der Waals surface area contributed by atoms with Crippen LogP contribution in [-0.2, 0) is 10.0 Å². The molecule has 0 saturated carbocycles. The fourth-order valence-electron chi connectivity index (χ4n) is 0.813. The summed E-state index contributed by atoms with van der Waals surface area (Å²) in [5.41, 5.74) is 0.838. The summed E-state index contributed by atoms with van der Waals surface area (Å²) in [6.45, 7) is 0. The Hall–Kier alpha value is -0.0300. The normalized spacial score (nSPS) is 21.1. The predicted octanol–water partition coefficient (Wildman–Crippen LogP) is 3.27. The molecule has 58 valence electrons. The number of hydrogen-bond donors (Lipinski definition) is 1. The number of nitrogens with zero attached hydrogens (tertiary/aromatic N) is 1. The van der Waals surface area contributed by atoms with Gasteiger partial charge in [-0.25, -0.2) is 0 Å². The van der Waals surface area contributed by atoms with Gasteiger partial charge < -0.3 is 4.55 Å². The molecule has 1 N–H and O–H groups in total. The Labute approximate surface area is 75.3 Å². The number of fused-ring (bicyclic) bond motifs is 1. The first-order valence-corrected chi connectivity index (χ1v) is 5.74. The van der Waals surface area contributed by atoms with Crippen molar-refractivity contribution in [3.05, 3.63) is 23.2 Å². The highest BCUT2D eigenvalue weighted by Gasteiger charge is 2.12. The lowest BCUT2D eigenvalue weighted by Crippen LogP contribution is -1.68. The molecule has 0 amide bonds. The van der Waals surface area contributed by atoms with E-state index < -0.39 is 10.0 Å². The highest BCUT2D eigenvalue weighted by atomic mass is 35.5. The molecule has 0 bridgehead atoms. The summed E-state index contributed by atoms with van der Waals surface area (Å²) in [4.78, 5) is 0.961. The molecule has 0 aromatic heterocycles. The second-order valence-electron chi connectivity index (χ2n) is 2.02. The second kappa shape index (κ2) is 2.79. The van der Waals surface area contributed by atoms with E-state index in [9.17, 15) is 0 Å². The van der Waals surface area contributed by atoms with Crippen molar-refractivity contribution in [3.8, 4) is 0 Å². The van der Waals surface area contributed by atoms with Crippen LogP contribution in [0, 0.1) is 0 Å². The quantitative estimate of drug-likeness (QED) is 0.660. The molecule has 1 heterocycles. The first kappa shape index (κ1) is 7.61. The molecule has 1 unspecified atom stereocenters. The van der Waals surface area contributed by atoms with Crippen LogP contribution < -0.4 is 0 Å². The van der Waals surface area contributed by atoms with E-state index >= 15 is 0 Å². The molecule has 0 fully saturated rings. The van der Waals surface area contributed by atoms with Gasteiger partial charge in [-0.15, -0.1) is 0 Å². The van der Waals surface area contributed by atoms with Crippen molar-refractivity contribution in [2.45, 2.75) is 4.90 Å². The molecule has 2 nitrogen and oxygen atoms in total. The number of halogens is 1. The van der Waals surface area contributed by atoms with Crippen LogP contribution >= 0.6 is 22.4 Å². The number of hydrogen-bond acceptors (Lipinski definition) is 2. The van der Waals surface area contributed by atoms with Crippen molar-refractivity contribution in [2.24, 2.45) is 4.36 Å². The number of benzene rings is 1. The lowest BCUT2D eigenvalue weighted by molar-refractivity contribution is 0.663. The van der Waals surface area contributed by atoms with Gasteiger partial charge in [0.2, 0.25) is 0 Å². The molecule has 1 aliphatic heterocycles. The molecule has 0 saturated heterocycles. The topological polar surface area (TPSA) is 32.6 Å². The van der Waals surface area contributed by atoms with Gasteiger partial charge in [0.1, 0.15) is 10.0 Å². The summed E-state index contributed by atoms with van der Waals surface area (Å²) in [7, 11) is 0.443. The minimum atomic E-state index is -0.895. The molecular formula is C6H4ClNOS2. The Balaban J connectivity index is 2.52. The number of rotatable bonds is 0. The van der Waals surface area contributed by atoms with Crippen LogP contribution in [0.4, 0.5) is 5.69 Å². The lowest BCUT2D eigenvalue weighted by atomic mass is 10.3. The Morgan fingerprint density at radius 2 is 2.36 bits per heavy atom. The molecule has 11 heavy (non-hydrogen) atoms. The van der Waals surface area contributed by atoms with Crippen molar-refractivity contribution in [3.63, 3.8) is 0 Å². The van der Waals surface area contributed by atoms with Crippen molar-refractivity contribution < 1.29 is 4.55 Å². The largest absolute Gasteiger partial charge is 0.313 e. The summed E-state index contributed by atoms with van der Waals surface area (Å²) < 4.78 is 13.1. The zero-order chi connectivity index (χ0) is 7.84. The molecule has 1 aliphatic rings. The van der Waals surface area contributed by atoms with E-state index in [1.165, 1.54) is 10.8 Å². The van der Waals surface area contributed by atoms with Crippen LogP contribution in [0.5, 0.6) is 0 Å². The molecule has 1 atom stereocenters. The Morgan fingerprint density at radius 3 is 3.18 bits per heavy atom. The Bertz CT molecular complexity index is 339. The maximum atomic E-state index is 9.12. The van der Waals surface area contributed by atoms with Gasteiger partial charge in [0, 0.05) is 9.92 Å². The molecule has 0 spiro atoms. The van der Waals surface area contributed by atoms with Crippen molar-refractivity contribution in [1.82, 2.24) is 0 Å². The van der Waals surface area contributed by atoms with E-state index in [1.54, 1.807) is 6.07 Å². The fraction of sp³-hybridized carbons (Fsp3) is 0. The van der Waals surface area contributed by atoms with E-state index in [0.717, 1.165) is 10.6 Å². The van der Waals surface area contributed by atoms with Crippen LogP contribution in [0.3, 0.4) is 0 Å². The zero-order valence-corrected chi connectivity index (χ0v) is 7.71. The first-order valence-electron chi connectivity index (χ1n) is 2.89. The van der Waals surface area contributed by atoms with Gasteiger partial charge in [-0.05, 0) is 29.0 Å². The monoisotopic (exact) mass is 205 g/mol. The summed E-state index contributed by atoms with van der Waals surface area (Å²) in [6, 6.07) is 5.40. The smallest absolute Gasteiger partial charge is 0.100 e. The molecule has 0 aliphatic carbocycles. The molecule has 2 rings (SSSR count). The van der Waals surface area contributed by atoms with Crippen LogP contribution in [0.1, 0.15) is 0 Å². The van der Waals surface area contributed by atoms with E-state index in [2.05, 4.69) is 4.36 Å². The van der Waals surface area contributed by atoms with Crippen molar-refractivity contribution in [2.75, 3.05) is 0 Å². The first-order chi connectivity index (χ1) is 5.25. The van der Waals surface area contributed by atoms with E-state index in [1.807, 2.05) is 12.1 Å². The maximum Gasteiger partial charge on any atom is 0.100 e. The highest BCUT2D eigenvalue weighted by Crippen LogP contribution is 2.40. The molecule has 1 aromatic carbocycles. The van der Waals surface area contributed by atoms with Gasteiger partial charge in [0.15, 0.2) is 0 Å². The second-order valence-corrected chi connectivity index (χ2v) is 5.10. The average molecular weight is 206 g/mol. The third kappa shape index (κ3) is 1.44. The van der Waals surface area contributed by atoms with Crippen LogP contribution in [0.25, 0.3) is 0 Å². The maximum absolute atomic E-state index is 9.12. The standard InChI is InChI=1S/C6H4ClNOS2/c7-4-1-2-5-6(3-4)10-11(9)8-5/h1-3H,(H,8,9). The minimum Gasteiger partial charge on any atom is -0.313 e. The third-order valence-electron chi connectivity index (χ3n) is 1.26. The molecular weight excluding hydrogens is 202 g/mol. The van der Waals surface area contributed by atoms with Gasteiger partial charge in [0.05, 0.1) is 5.69 Å². The lowest BCUT2D eigenvalue weighted by Gasteiger charge is -1.93. The Kier molecular flexibility index (Phi) is 1.93. The fourth-order valence-corrected chi connectivity index (χ4v) is 3.24. The van der Waals surface area contributed by atoms with Crippen molar-refractivity contribution in [1.29, 1.82) is 0 Å². The highest BCUT2D eigenvalue weighted by molar-refractivity contribution is 8.68. The molecule has 5 heteroatoms. The average Bonchev–Trinajstić information content (AvgIpc) is 2.27. The van der Waals surface area contributed by atoms with E-state index in [0.29, 0.717) is 5.02 Å². The SMILES string of the molecule is OS1=Nc2ccc(Cl)cc2S1.